The van der Waals surface area contributed by atoms with E-state index in [4.69, 9.17) is 40.4 Å². The number of aromatic amines is 2. The highest BCUT2D eigenvalue weighted by Gasteiger charge is 2.43. The van der Waals surface area contributed by atoms with Crippen LogP contribution in [0.1, 0.15) is 37.3 Å². The van der Waals surface area contributed by atoms with E-state index in [0.717, 1.165) is 54.5 Å². The van der Waals surface area contributed by atoms with Crippen molar-refractivity contribution in [1.29, 1.82) is 0 Å². The Labute approximate surface area is 358 Å². The fraction of sp³-hybridized carbons (Fsp3) is 0.304. The third kappa shape index (κ3) is 7.62. The molecule has 0 bridgehead atoms. The van der Waals surface area contributed by atoms with Crippen LogP contribution in [0.2, 0.25) is 0 Å². The second kappa shape index (κ2) is 17.1. The molecule has 0 aliphatic carbocycles. The minimum atomic E-state index is -0.674. The third-order valence-electron chi connectivity index (χ3n) is 11.9. The average molecular weight is 839 g/mol. The number of ether oxygens (including phenoxy) is 4. The van der Waals surface area contributed by atoms with Gasteiger partial charge in [0.25, 0.3) is 0 Å². The number of nitrogens with zero attached hydrogens (tertiary/aromatic N) is 5. The van der Waals surface area contributed by atoms with Gasteiger partial charge in [0.2, 0.25) is 0 Å². The van der Waals surface area contributed by atoms with Gasteiger partial charge in [-0.25, -0.2) is 9.97 Å². The SMILES string of the molecule is COc1cc(OC)cc(N2C(N)=C(c3nc4ccccc4[nH]3)C(=O)C2CCNCOc2cc(OC)cc(N3C(N)=C(c4nc5ccccc5[nH]4)C(=O)C3CCN3CCCC3)c2)c1. The zero-order chi connectivity index (χ0) is 42.9. The number of hydrogen-bond donors (Lipinski definition) is 5. The molecule has 1 fully saturated rings. The second-order valence-corrected chi connectivity index (χ2v) is 15.6. The highest BCUT2D eigenvalue weighted by Crippen LogP contribution is 2.40. The van der Waals surface area contributed by atoms with Crippen LogP contribution in [0.25, 0.3) is 33.2 Å². The van der Waals surface area contributed by atoms with Gasteiger partial charge in [-0.3, -0.25) is 14.9 Å². The molecule has 16 nitrogen and oxygen atoms in total. The van der Waals surface area contributed by atoms with Gasteiger partial charge in [0, 0.05) is 49.5 Å². The van der Waals surface area contributed by atoms with Gasteiger partial charge in [0.1, 0.15) is 76.2 Å². The number of carbonyl (C=O) groups excluding carboxylic acids is 2. The Morgan fingerprint density at radius 1 is 0.661 bits per heavy atom. The van der Waals surface area contributed by atoms with E-state index in [9.17, 15) is 9.59 Å². The summed E-state index contributed by atoms with van der Waals surface area (Å²) in [6, 6.07) is 24.9. The number of benzene rings is 4. The summed E-state index contributed by atoms with van der Waals surface area (Å²) >= 11 is 0. The maximum absolute atomic E-state index is 14.4. The van der Waals surface area contributed by atoms with E-state index in [1.807, 2.05) is 82.6 Å². The summed E-state index contributed by atoms with van der Waals surface area (Å²) < 4.78 is 23.1. The number of hydrogen-bond acceptors (Lipinski definition) is 14. The quantitative estimate of drug-likeness (QED) is 0.0634. The van der Waals surface area contributed by atoms with Gasteiger partial charge in [-0.15, -0.1) is 0 Å². The molecule has 2 aromatic heterocycles. The first-order chi connectivity index (χ1) is 30.2. The Morgan fingerprint density at radius 3 is 1.63 bits per heavy atom. The molecule has 0 saturated carbocycles. The van der Waals surface area contributed by atoms with E-state index < -0.39 is 12.1 Å². The number of ketones is 2. The molecular weight excluding hydrogens is 789 g/mol. The topological polar surface area (TPSA) is 202 Å². The van der Waals surface area contributed by atoms with Gasteiger partial charge in [-0.2, -0.15) is 0 Å². The smallest absolute Gasteiger partial charge is 0.193 e. The monoisotopic (exact) mass is 838 g/mol. The number of fused-ring (bicyclic) bond motifs is 2. The number of methoxy groups -OCH3 is 3. The van der Waals surface area contributed by atoms with Crippen LogP contribution in [0.15, 0.2) is 96.6 Å². The first-order valence-electron chi connectivity index (χ1n) is 20.8. The van der Waals surface area contributed by atoms with Gasteiger partial charge in [-0.05, 0) is 63.0 Å². The van der Waals surface area contributed by atoms with Gasteiger partial charge in [0.05, 0.1) is 54.8 Å². The van der Waals surface area contributed by atoms with Gasteiger partial charge in [0.15, 0.2) is 11.6 Å². The Bertz CT molecular complexity index is 2630. The molecule has 320 valence electrons. The third-order valence-corrected chi connectivity index (χ3v) is 11.9. The maximum atomic E-state index is 14.4. The fourth-order valence-corrected chi connectivity index (χ4v) is 8.76. The predicted octanol–water partition coefficient (Wildman–Crippen LogP) is 5.14. The minimum absolute atomic E-state index is 0.0887. The second-order valence-electron chi connectivity index (χ2n) is 15.6. The van der Waals surface area contributed by atoms with Crippen LogP contribution in [0.3, 0.4) is 0 Å². The largest absolute Gasteiger partial charge is 0.497 e. The van der Waals surface area contributed by atoms with Crippen molar-refractivity contribution in [3.05, 3.63) is 108 Å². The van der Waals surface area contributed by atoms with Crippen molar-refractivity contribution >= 4 is 56.2 Å². The van der Waals surface area contributed by atoms with Crippen molar-refractivity contribution < 1.29 is 28.5 Å². The van der Waals surface area contributed by atoms with Crippen LogP contribution >= 0.6 is 0 Å². The number of aromatic nitrogens is 4. The Kier molecular flexibility index (Phi) is 11.2. The first kappa shape index (κ1) is 40.4. The lowest BCUT2D eigenvalue weighted by atomic mass is 10.0. The Morgan fingerprint density at radius 2 is 1.13 bits per heavy atom. The molecule has 5 heterocycles. The van der Waals surface area contributed by atoms with Crippen molar-refractivity contribution in [2.75, 3.05) is 64.0 Å². The normalized spacial score (nSPS) is 18.3. The molecule has 2 atom stereocenters. The number of para-hydroxylation sites is 4. The molecule has 9 rings (SSSR count). The van der Waals surface area contributed by atoms with E-state index in [2.05, 4.69) is 20.2 Å². The van der Waals surface area contributed by atoms with Gasteiger partial charge in [-0.1, -0.05) is 24.3 Å². The molecule has 4 aromatic carbocycles. The van der Waals surface area contributed by atoms with E-state index >= 15 is 0 Å². The maximum Gasteiger partial charge on any atom is 0.193 e. The molecule has 7 N–H and O–H groups in total. The lowest BCUT2D eigenvalue weighted by molar-refractivity contribution is -0.115. The van der Waals surface area contributed by atoms with Crippen LogP contribution in [0.4, 0.5) is 11.4 Å². The van der Waals surface area contributed by atoms with E-state index in [1.54, 1.807) is 33.5 Å². The van der Waals surface area contributed by atoms with Gasteiger partial charge >= 0.3 is 0 Å². The number of likely N-dealkylation sites (tertiary alicyclic amines) is 1. The van der Waals surface area contributed by atoms with Crippen LogP contribution in [-0.2, 0) is 9.59 Å². The average Bonchev–Trinajstić information content (AvgIpc) is 4.13. The number of rotatable bonds is 16. The summed E-state index contributed by atoms with van der Waals surface area (Å²) in [6.45, 7) is 3.28. The van der Waals surface area contributed by atoms with Crippen molar-refractivity contribution in [2.24, 2.45) is 11.5 Å². The molecule has 2 unspecified atom stereocenters. The van der Waals surface area contributed by atoms with E-state index in [1.165, 1.54) is 0 Å². The summed E-state index contributed by atoms with van der Waals surface area (Å²) in [5, 5.41) is 3.34. The van der Waals surface area contributed by atoms with Crippen molar-refractivity contribution in [3.8, 4) is 23.0 Å². The minimum Gasteiger partial charge on any atom is -0.497 e. The van der Waals surface area contributed by atoms with Crippen LogP contribution in [-0.4, -0.2) is 103 Å². The molecule has 6 aromatic rings. The Hall–Kier alpha value is -7.04. The summed E-state index contributed by atoms with van der Waals surface area (Å²) in [6.07, 6.45) is 3.25. The highest BCUT2D eigenvalue weighted by molar-refractivity contribution is 6.28. The molecule has 3 aliphatic heterocycles. The van der Waals surface area contributed by atoms with Crippen LogP contribution in [0, 0.1) is 0 Å². The number of carbonyl (C=O) groups is 2. The molecule has 3 aliphatic rings. The number of nitrogens with one attached hydrogen (secondary N) is 3. The Balaban J connectivity index is 0.942. The summed E-state index contributed by atoms with van der Waals surface area (Å²) in [7, 11) is 4.73. The molecular formula is C46H50N10O6. The van der Waals surface area contributed by atoms with Crippen LogP contribution in [0.5, 0.6) is 23.0 Å². The first-order valence-corrected chi connectivity index (χ1v) is 20.8. The summed E-state index contributed by atoms with van der Waals surface area (Å²) in [5.41, 5.74) is 18.9. The van der Waals surface area contributed by atoms with Crippen molar-refractivity contribution in [1.82, 2.24) is 30.2 Å². The lowest BCUT2D eigenvalue weighted by Gasteiger charge is -2.29. The van der Waals surface area contributed by atoms with Crippen molar-refractivity contribution in [3.63, 3.8) is 0 Å². The summed E-state index contributed by atoms with van der Waals surface area (Å²) in [4.78, 5) is 50.8. The van der Waals surface area contributed by atoms with Crippen LogP contribution < -0.4 is 45.5 Å². The van der Waals surface area contributed by atoms with E-state index in [-0.39, 0.29) is 24.1 Å². The van der Waals surface area contributed by atoms with Crippen molar-refractivity contribution in [2.45, 2.75) is 37.8 Å². The summed E-state index contributed by atoms with van der Waals surface area (Å²) in [5.74, 6) is 3.31. The zero-order valence-electron chi connectivity index (χ0n) is 34.9. The van der Waals surface area contributed by atoms with E-state index in [0.29, 0.717) is 82.4 Å². The fourth-order valence-electron chi connectivity index (χ4n) is 8.76. The zero-order valence-corrected chi connectivity index (χ0v) is 34.9. The predicted molar refractivity (Wildman–Crippen MR) is 238 cm³/mol. The molecule has 0 spiro atoms. The molecule has 1 saturated heterocycles. The molecule has 16 heteroatoms. The standard InChI is InChI=1S/C46H50N10O6/c1-59-29-20-27(21-30(24-29)60-2)55-37(41(57)39(43(55)47)45-50-33-10-4-5-11-34(33)51-45)14-16-49-26-62-32-23-28(22-31(25-32)61-3)56-38(15-19-54-17-8-9-18-54)42(58)40(44(56)48)46-52-35-12-6-7-13-36(35)53-46/h4-7,10-13,20-25,37-38,49H,8-9,14-19,26,47-48H2,1-3H3,(H,50,51)(H,52,53). The number of Topliss-reactive ketones (excluding diaryl/α,β-unsaturated/α-hetero) is 2. The van der Waals surface area contributed by atoms with Gasteiger partial charge < -0.3 is 55.1 Å². The lowest BCUT2D eigenvalue weighted by Crippen LogP contribution is -2.39. The number of anilines is 2. The molecule has 0 radical (unpaired) electrons. The number of imidazole rings is 2. The highest BCUT2D eigenvalue weighted by atomic mass is 16.5. The number of nitrogens with two attached hydrogens (primary N) is 2. The number of H-pyrrole nitrogens is 2. The molecule has 62 heavy (non-hydrogen) atoms. The molecule has 0 amide bonds.